The number of carbonyl (C=O) groups excluding carboxylic acids is 2. The van der Waals surface area contributed by atoms with Crippen LogP contribution in [0.15, 0.2) is 23.8 Å². The molecule has 1 unspecified atom stereocenters. The zero-order chi connectivity index (χ0) is 20.4. The lowest BCUT2D eigenvalue weighted by molar-refractivity contribution is -0.162. The Morgan fingerprint density at radius 2 is 2.04 bits per heavy atom. The topological polar surface area (TPSA) is 72.8 Å². The minimum absolute atomic E-state index is 0.0969. The standard InChI is InChI=1S/C23H34O5/c1-13(2)23(26)28-20-10-14(3)9-16-6-5-15(4)19(22(16)20)8-7-18-11-17(24)12-21(25)27-18/h5-6,9,13-15,17-20,22,24H,7-8,10-12H2,1-4H3/t14-,15-,17+,18?,19-,20-,22-/m0/s1. The number of aliphatic hydroxyl groups is 1. The van der Waals surface area contributed by atoms with E-state index >= 15 is 0 Å². The maximum Gasteiger partial charge on any atom is 0.308 e. The normalized spacial score (nSPS) is 37.9. The van der Waals surface area contributed by atoms with Crippen LogP contribution in [0.25, 0.3) is 0 Å². The van der Waals surface area contributed by atoms with Crippen molar-refractivity contribution in [3.63, 3.8) is 0 Å². The van der Waals surface area contributed by atoms with Gasteiger partial charge in [-0.25, -0.2) is 0 Å². The van der Waals surface area contributed by atoms with Crippen LogP contribution in [0.5, 0.6) is 0 Å². The van der Waals surface area contributed by atoms with E-state index in [9.17, 15) is 14.7 Å². The van der Waals surface area contributed by atoms with E-state index in [4.69, 9.17) is 9.47 Å². The summed E-state index contributed by atoms with van der Waals surface area (Å²) in [6.07, 6.45) is 8.89. The fraction of sp³-hybridized carbons (Fsp3) is 0.739. The predicted octanol–water partition coefficient (Wildman–Crippen LogP) is 3.81. The molecule has 0 aromatic rings. The molecule has 0 saturated carbocycles. The Morgan fingerprint density at radius 1 is 1.29 bits per heavy atom. The molecular formula is C23H34O5. The Kier molecular flexibility index (Phi) is 6.64. The molecule has 3 rings (SSSR count). The predicted molar refractivity (Wildman–Crippen MR) is 106 cm³/mol. The van der Waals surface area contributed by atoms with Gasteiger partial charge in [0.1, 0.15) is 12.2 Å². The van der Waals surface area contributed by atoms with E-state index in [0.29, 0.717) is 24.2 Å². The highest BCUT2D eigenvalue weighted by molar-refractivity contribution is 5.72. The molecule has 0 bridgehead atoms. The molecule has 2 aliphatic carbocycles. The van der Waals surface area contributed by atoms with Crippen LogP contribution in [-0.4, -0.2) is 35.4 Å². The number of allylic oxidation sites excluding steroid dienone is 3. The van der Waals surface area contributed by atoms with Crippen molar-refractivity contribution in [2.24, 2.45) is 29.6 Å². The second-order valence-electron chi connectivity index (χ2n) is 9.20. The number of esters is 2. The molecule has 1 fully saturated rings. The number of aliphatic hydroxyl groups excluding tert-OH is 1. The van der Waals surface area contributed by atoms with Crippen LogP contribution in [0.4, 0.5) is 0 Å². The monoisotopic (exact) mass is 390 g/mol. The molecule has 7 atom stereocenters. The zero-order valence-electron chi connectivity index (χ0n) is 17.5. The lowest BCUT2D eigenvalue weighted by atomic mass is 9.65. The molecule has 1 N–H and O–H groups in total. The summed E-state index contributed by atoms with van der Waals surface area (Å²) in [5.74, 6) is 0.668. The van der Waals surface area contributed by atoms with Crippen molar-refractivity contribution in [3.05, 3.63) is 23.8 Å². The first-order chi connectivity index (χ1) is 13.2. The zero-order valence-corrected chi connectivity index (χ0v) is 17.5. The summed E-state index contributed by atoms with van der Waals surface area (Å²) < 4.78 is 11.4. The molecule has 28 heavy (non-hydrogen) atoms. The van der Waals surface area contributed by atoms with Gasteiger partial charge in [0, 0.05) is 12.3 Å². The SMILES string of the molecule is CC(C)C(=O)O[C@H]1C[C@@H](C)C=C2C=C[C@H](C)[C@H](CCC3C[C@@H](O)CC(=O)O3)[C@H]21. The summed E-state index contributed by atoms with van der Waals surface area (Å²) in [6, 6.07) is 0. The van der Waals surface area contributed by atoms with Gasteiger partial charge in [-0.1, -0.05) is 45.9 Å². The molecule has 3 aliphatic rings. The van der Waals surface area contributed by atoms with Gasteiger partial charge in [0.15, 0.2) is 0 Å². The van der Waals surface area contributed by atoms with Crippen molar-refractivity contribution in [2.45, 2.75) is 78.1 Å². The van der Waals surface area contributed by atoms with Crippen LogP contribution >= 0.6 is 0 Å². The van der Waals surface area contributed by atoms with Crippen LogP contribution in [0.1, 0.15) is 59.8 Å². The number of fused-ring (bicyclic) bond motifs is 1. The van der Waals surface area contributed by atoms with Crippen molar-refractivity contribution in [2.75, 3.05) is 0 Å². The fourth-order valence-electron chi connectivity index (χ4n) is 4.92. The Bertz CT molecular complexity index is 649. The lowest BCUT2D eigenvalue weighted by Crippen LogP contribution is -2.42. The summed E-state index contributed by atoms with van der Waals surface area (Å²) in [6.45, 7) is 8.12. The molecule has 0 aromatic carbocycles. The Hall–Kier alpha value is -1.62. The first-order valence-corrected chi connectivity index (χ1v) is 10.7. The molecule has 5 heteroatoms. The lowest BCUT2D eigenvalue weighted by Gasteiger charge is -2.43. The van der Waals surface area contributed by atoms with Crippen molar-refractivity contribution in [1.82, 2.24) is 0 Å². The molecule has 1 aliphatic heterocycles. The average molecular weight is 391 g/mol. The van der Waals surface area contributed by atoms with Gasteiger partial charge in [-0.3, -0.25) is 9.59 Å². The maximum absolute atomic E-state index is 12.3. The highest BCUT2D eigenvalue weighted by atomic mass is 16.5. The van der Waals surface area contributed by atoms with E-state index in [1.807, 2.05) is 13.8 Å². The van der Waals surface area contributed by atoms with Gasteiger partial charge in [0.25, 0.3) is 0 Å². The Labute approximate surface area is 168 Å². The second-order valence-corrected chi connectivity index (χ2v) is 9.20. The Balaban J connectivity index is 1.74. The molecule has 1 saturated heterocycles. The summed E-state index contributed by atoms with van der Waals surface area (Å²) in [4.78, 5) is 24.0. The first kappa shape index (κ1) is 21.1. The van der Waals surface area contributed by atoms with Crippen molar-refractivity contribution in [1.29, 1.82) is 0 Å². The third-order valence-corrected chi connectivity index (χ3v) is 6.39. The molecule has 0 aromatic heterocycles. The highest BCUT2D eigenvalue weighted by Crippen LogP contribution is 2.45. The number of hydrogen-bond donors (Lipinski definition) is 1. The van der Waals surface area contributed by atoms with E-state index < -0.39 is 6.10 Å². The Morgan fingerprint density at radius 3 is 2.71 bits per heavy atom. The summed E-state index contributed by atoms with van der Waals surface area (Å²) in [7, 11) is 0. The van der Waals surface area contributed by atoms with Gasteiger partial charge in [-0.15, -0.1) is 0 Å². The molecular weight excluding hydrogens is 356 g/mol. The van der Waals surface area contributed by atoms with Gasteiger partial charge in [-0.05, 0) is 42.6 Å². The van der Waals surface area contributed by atoms with Gasteiger partial charge in [0.05, 0.1) is 18.4 Å². The number of ether oxygens (including phenoxy) is 2. The molecule has 0 spiro atoms. The molecule has 1 heterocycles. The molecule has 0 radical (unpaired) electrons. The van der Waals surface area contributed by atoms with Crippen LogP contribution in [0.3, 0.4) is 0 Å². The van der Waals surface area contributed by atoms with Gasteiger partial charge < -0.3 is 14.6 Å². The second kappa shape index (κ2) is 8.81. The maximum atomic E-state index is 12.3. The van der Waals surface area contributed by atoms with Crippen molar-refractivity contribution in [3.8, 4) is 0 Å². The largest absolute Gasteiger partial charge is 0.462 e. The van der Waals surface area contributed by atoms with E-state index in [1.54, 1.807) is 0 Å². The number of carbonyl (C=O) groups is 2. The van der Waals surface area contributed by atoms with Crippen LogP contribution < -0.4 is 0 Å². The summed E-state index contributed by atoms with van der Waals surface area (Å²) >= 11 is 0. The third-order valence-electron chi connectivity index (χ3n) is 6.39. The number of cyclic esters (lactones) is 1. The number of hydrogen-bond acceptors (Lipinski definition) is 5. The third kappa shape index (κ3) is 4.86. The summed E-state index contributed by atoms with van der Waals surface area (Å²) in [5, 5.41) is 9.87. The molecule has 5 nitrogen and oxygen atoms in total. The van der Waals surface area contributed by atoms with E-state index in [2.05, 4.69) is 32.1 Å². The highest BCUT2D eigenvalue weighted by Gasteiger charge is 2.42. The van der Waals surface area contributed by atoms with Crippen LogP contribution in [0.2, 0.25) is 0 Å². The average Bonchev–Trinajstić information content (AvgIpc) is 2.60. The quantitative estimate of drug-likeness (QED) is 0.723. The first-order valence-electron chi connectivity index (χ1n) is 10.7. The smallest absolute Gasteiger partial charge is 0.308 e. The fourth-order valence-corrected chi connectivity index (χ4v) is 4.92. The summed E-state index contributed by atoms with van der Waals surface area (Å²) in [5.41, 5.74) is 1.27. The minimum Gasteiger partial charge on any atom is -0.462 e. The molecule has 156 valence electrons. The van der Waals surface area contributed by atoms with Gasteiger partial charge in [0.2, 0.25) is 0 Å². The van der Waals surface area contributed by atoms with Crippen molar-refractivity contribution < 1.29 is 24.2 Å². The van der Waals surface area contributed by atoms with Crippen molar-refractivity contribution >= 4 is 11.9 Å². The molecule has 0 amide bonds. The van der Waals surface area contributed by atoms with E-state index in [1.165, 1.54) is 5.57 Å². The van der Waals surface area contributed by atoms with Gasteiger partial charge in [-0.2, -0.15) is 0 Å². The number of rotatable bonds is 5. The van der Waals surface area contributed by atoms with E-state index in [-0.39, 0.29) is 42.4 Å². The van der Waals surface area contributed by atoms with Crippen LogP contribution in [0, 0.1) is 29.6 Å². The van der Waals surface area contributed by atoms with Crippen LogP contribution in [-0.2, 0) is 19.1 Å². The van der Waals surface area contributed by atoms with E-state index in [0.717, 1.165) is 19.3 Å². The minimum atomic E-state index is -0.597. The van der Waals surface area contributed by atoms with Gasteiger partial charge >= 0.3 is 11.9 Å².